The molecule has 202 valence electrons. The lowest BCUT2D eigenvalue weighted by atomic mass is 9.60. The third-order valence-corrected chi connectivity index (χ3v) is 8.60. The number of nitrogens with zero attached hydrogens (tertiary/aromatic N) is 1. The summed E-state index contributed by atoms with van der Waals surface area (Å²) in [5.74, 6) is -6.41. The average Bonchev–Trinajstić information content (AvgIpc) is 3.49. The second-order valence-corrected chi connectivity index (χ2v) is 10.8. The molecule has 1 amide bonds. The molecule has 39 heavy (non-hydrogen) atoms. The first-order valence-corrected chi connectivity index (χ1v) is 12.6. The second-order valence-electron chi connectivity index (χ2n) is 10.8. The number of primary amides is 1. The highest BCUT2D eigenvalue weighted by molar-refractivity contribution is 6.14. The van der Waals surface area contributed by atoms with E-state index in [1.165, 1.54) is 12.3 Å². The highest BCUT2D eigenvalue weighted by atomic mass is 16.8. The van der Waals surface area contributed by atoms with Gasteiger partial charge in [0, 0.05) is 11.5 Å². The Balaban J connectivity index is 1.53. The highest BCUT2D eigenvalue weighted by Gasteiger charge is 2.84. The summed E-state index contributed by atoms with van der Waals surface area (Å²) in [7, 11) is 3.38. The fraction of sp³-hybridized carbons (Fsp3) is 0.310. The molecular weight excluding hydrogens is 502 g/mol. The molecule has 1 spiro atoms. The SMILES string of the molecule is CN(C)[C@@H]1C(O)=C(C(N)=O)C2(O)O[C@@]23C(O)=C2C(=O)c4c(O)ccc(-c5cccc(/C=C/N)c5)c4C[C@H]2C[C@@H]13. The normalized spacial score (nSPS) is 31.2. The van der Waals surface area contributed by atoms with Crippen molar-refractivity contribution in [3.63, 3.8) is 0 Å². The van der Waals surface area contributed by atoms with Crippen LogP contribution in [-0.4, -0.2) is 68.5 Å². The summed E-state index contributed by atoms with van der Waals surface area (Å²) in [4.78, 5) is 27.9. The number of aliphatic hydroxyl groups excluding tert-OH is 2. The summed E-state index contributed by atoms with van der Waals surface area (Å²) in [6.45, 7) is 0. The van der Waals surface area contributed by atoms with Gasteiger partial charge in [0.25, 0.3) is 5.91 Å². The number of hydrogen-bond acceptors (Lipinski definition) is 9. The molecule has 10 heteroatoms. The zero-order valence-electron chi connectivity index (χ0n) is 21.4. The molecule has 6 rings (SSSR count). The number of rotatable bonds is 4. The number of nitrogens with two attached hydrogens (primary N) is 2. The Morgan fingerprint density at radius 3 is 2.59 bits per heavy atom. The Hall–Kier alpha value is -4.12. The van der Waals surface area contributed by atoms with Crippen molar-refractivity contribution in [1.82, 2.24) is 4.90 Å². The zero-order valence-corrected chi connectivity index (χ0v) is 21.4. The lowest BCUT2D eigenvalue weighted by molar-refractivity contribution is -0.117. The number of ketones is 1. The van der Waals surface area contributed by atoms with Crippen LogP contribution in [0.1, 0.15) is 27.9 Å². The van der Waals surface area contributed by atoms with E-state index < -0.39 is 58.0 Å². The number of fused-ring (bicyclic) bond motifs is 2. The maximum absolute atomic E-state index is 14.0. The number of phenolic OH excluding ortho intramolecular Hbond substituents is 1. The molecule has 3 aliphatic carbocycles. The number of hydrogen-bond donors (Lipinski definition) is 6. The van der Waals surface area contributed by atoms with Crippen molar-refractivity contribution in [2.24, 2.45) is 23.3 Å². The topological polar surface area (TPSA) is 183 Å². The van der Waals surface area contributed by atoms with Gasteiger partial charge in [-0.05, 0) is 79.5 Å². The third kappa shape index (κ3) is 3.13. The van der Waals surface area contributed by atoms with Gasteiger partial charge in [0.05, 0.1) is 11.6 Å². The fourth-order valence-corrected chi connectivity index (χ4v) is 7.05. The van der Waals surface area contributed by atoms with E-state index in [-0.39, 0.29) is 23.3 Å². The number of likely N-dealkylation sites (N-methyl/N-ethyl adjacent to an activating group) is 1. The van der Waals surface area contributed by atoms with Crippen LogP contribution in [0, 0.1) is 11.8 Å². The Bertz CT molecular complexity index is 1560. The molecule has 1 unspecified atom stereocenters. The van der Waals surface area contributed by atoms with Gasteiger partial charge >= 0.3 is 0 Å². The Kier molecular flexibility index (Phi) is 5.29. The molecule has 0 saturated carbocycles. The quantitative estimate of drug-likeness (QED) is 0.321. The van der Waals surface area contributed by atoms with E-state index in [2.05, 4.69) is 0 Å². The number of allylic oxidation sites excluding steroid dienone is 1. The predicted molar refractivity (Wildman–Crippen MR) is 141 cm³/mol. The number of aliphatic hydroxyl groups is 3. The summed E-state index contributed by atoms with van der Waals surface area (Å²) in [6, 6.07) is 9.97. The highest BCUT2D eigenvalue weighted by Crippen LogP contribution is 2.68. The van der Waals surface area contributed by atoms with E-state index in [0.717, 1.165) is 16.7 Å². The van der Waals surface area contributed by atoms with E-state index in [1.54, 1.807) is 31.1 Å². The number of aromatic hydroxyl groups is 1. The number of benzene rings is 2. The Morgan fingerprint density at radius 1 is 1.18 bits per heavy atom. The molecule has 5 atom stereocenters. The number of Topliss-reactive ketones (excluding diaryl/α,β-unsaturated/α-hetero) is 1. The summed E-state index contributed by atoms with van der Waals surface area (Å²) in [5, 5.41) is 44.8. The van der Waals surface area contributed by atoms with Crippen LogP contribution in [0.2, 0.25) is 0 Å². The molecule has 1 heterocycles. The maximum Gasteiger partial charge on any atom is 0.253 e. The molecule has 1 fully saturated rings. The number of amides is 1. The van der Waals surface area contributed by atoms with Crippen molar-refractivity contribution in [2.45, 2.75) is 30.3 Å². The van der Waals surface area contributed by atoms with E-state index in [9.17, 15) is 30.0 Å². The van der Waals surface area contributed by atoms with Crippen LogP contribution in [0.15, 0.2) is 65.3 Å². The fourth-order valence-electron chi connectivity index (χ4n) is 7.05. The summed E-state index contributed by atoms with van der Waals surface area (Å²) in [5.41, 5.74) is 11.9. The molecule has 0 bridgehead atoms. The maximum atomic E-state index is 14.0. The van der Waals surface area contributed by atoms with Crippen molar-refractivity contribution in [3.05, 3.63) is 82.0 Å². The van der Waals surface area contributed by atoms with Gasteiger partial charge in [0.1, 0.15) is 22.8 Å². The summed E-state index contributed by atoms with van der Waals surface area (Å²) >= 11 is 0. The van der Waals surface area contributed by atoms with Crippen LogP contribution in [-0.2, 0) is 16.0 Å². The summed E-state index contributed by atoms with van der Waals surface area (Å²) in [6.07, 6.45) is 3.74. The van der Waals surface area contributed by atoms with Gasteiger partial charge in [0.2, 0.25) is 5.79 Å². The Labute approximate surface area is 224 Å². The number of carbonyl (C=O) groups is 2. The van der Waals surface area contributed by atoms with E-state index in [4.69, 9.17) is 16.2 Å². The third-order valence-electron chi connectivity index (χ3n) is 8.60. The number of ether oxygens (including phenoxy) is 1. The van der Waals surface area contributed by atoms with Crippen LogP contribution in [0.3, 0.4) is 0 Å². The van der Waals surface area contributed by atoms with E-state index in [0.29, 0.717) is 12.0 Å². The monoisotopic (exact) mass is 531 g/mol. The van der Waals surface area contributed by atoms with Crippen molar-refractivity contribution in [3.8, 4) is 16.9 Å². The predicted octanol–water partition coefficient (Wildman–Crippen LogP) is 1.87. The smallest absolute Gasteiger partial charge is 0.253 e. The first-order chi connectivity index (χ1) is 18.5. The van der Waals surface area contributed by atoms with Crippen LogP contribution in [0.5, 0.6) is 5.75 Å². The number of epoxide rings is 1. The van der Waals surface area contributed by atoms with Crippen molar-refractivity contribution < 1.29 is 34.8 Å². The van der Waals surface area contributed by atoms with Gasteiger partial charge in [-0.2, -0.15) is 0 Å². The van der Waals surface area contributed by atoms with E-state index >= 15 is 0 Å². The van der Waals surface area contributed by atoms with Crippen LogP contribution >= 0.6 is 0 Å². The largest absolute Gasteiger partial charge is 0.510 e. The first kappa shape index (κ1) is 25.2. The molecule has 8 N–H and O–H groups in total. The number of phenols is 1. The average molecular weight is 532 g/mol. The lowest BCUT2D eigenvalue weighted by Crippen LogP contribution is -2.57. The lowest BCUT2D eigenvalue weighted by Gasteiger charge is -2.46. The standard InChI is InChI=1S/C29H29N3O7/c1-32(2)23-18-12-15-11-17-16(14-5-3-4-13(10-14)8-9-30)6-7-19(33)21(17)24(34)20(15)26(36)28(18)29(38,39-28)22(25(23)35)27(31)37/h3-10,15,18,23,33,35-36,38H,11-12,30H2,1-2H3,(H2,31,37)/b9-8+/t15-,18-,23-,28-,29?/m0/s1. The zero-order chi connectivity index (χ0) is 28.0. The first-order valence-electron chi connectivity index (χ1n) is 12.6. The molecule has 4 aliphatic rings. The van der Waals surface area contributed by atoms with Crippen LogP contribution in [0.4, 0.5) is 0 Å². The molecule has 2 aromatic carbocycles. The van der Waals surface area contributed by atoms with Crippen molar-refractivity contribution in [2.75, 3.05) is 14.1 Å². The molecule has 10 nitrogen and oxygen atoms in total. The molecule has 0 radical (unpaired) electrons. The molecule has 0 aromatic heterocycles. The van der Waals surface area contributed by atoms with Crippen molar-refractivity contribution in [1.29, 1.82) is 0 Å². The minimum absolute atomic E-state index is 0.0182. The van der Waals surface area contributed by atoms with Gasteiger partial charge in [-0.15, -0.1) is 0 Å². The van der Waals surface area contributed by atoms with Crippen LogP contribution < -0.4 is 11.5 Å². The molecule has 1 saturated heterocycles. The molecule has 2 aromatic rings. The molecule has 1 aliphatic heterocycles. The van der Waals surface area contributed by atoms with Gasteiger partial charge in [-0.3, -0.25) is 14.5 Å². The van der Waals surface area contributed by atoms with Gasteiger partial charge in [0.15, 0.2) is 11.4 Å². The van der Waals surface area contributed by atoms with Crippen molar-refractivity contribution >= 4 is 17.8 Å². The Morgan fingerprint density at radius 2 is 1.92 bits per heavy atom. The minimum Gasteiger partial charge on any atom is -0.510 e. The van der Waals surface area contributed by atoms with Gasteiger partial charge in [-0.1, -0.05) is 24.3 Å². The van der Waals surface area contributed by atoms with Crippen LogP contribution in [0.25, 0.3) is 17.2 Å². The van der Waals surface area contributed by atoms with Gasteiger partial charge < -0.3 is 36.6 Å². The second kappa shape index (κ2) is 8.19. The minimum atomic E-state index is -2.37. The number of carbonyl (C=O) groups excluding carboxylic acids is 2. The molecular formula is C29H29N3O7. The van der Waals surface area contributed by atoms with Gasteiger partial charge in [-0.25, -0.2) is 0 Å². The summed E-state index contributed by atoms with van der Waals surface area (Å²) < 4.78 is 5.71. The van der Waals surface area contributed by atoms with E-state index in [1.807, 2.05) is 24.3 Å².